The second kappa shape index (κ2) is 6.96. The minimum absolute atomic E-state index is 0.118. The molecule has 0 aromatic heterocycles. The van der Waals surface area contributed by atoms with Gasteiger partial charge in [0.2, 0.25) is 5.91 Å². The average Bonchev–Trinajstić information content (AvgIpc) is 2.41. The molecular weight excluding hydrogens is 256 g/mol. The molecule has 1 aliphatic heterocycles. The van der Waals surface area contributed by atoms with Crippen molar-refractivity contribution in [1.82, 2.24) is 0 Å². The van der Waals surface area contributed by atoms with Crippen LogP contribution in [0.15, 0.2) is 29.2 Å². The van der Waals surface area contributed by atoms with Gasteiger partial charge in [0, 0.05) is 29.4 Å². The lowest BCUT2D eigenvalue weighted by molar-refractivity contribution is -0.903. The zero-order chi connectivity index (χ0) is 13.7. The van der Waals surface area contributed by atoms with Gasteiger partial charge in [0.05, 0.1) is 19.6 Å². The van der Waals surface area contributed by atoms with Gasteiger partial charge in [-0.1, -0.05) is 17.7 Å². The Morgan fingerprint density at radius 1 is 1.32 bits per heavy atom. The number of primary amides is 1. The summed E-state index contributed by atoms with van der Waals surface area (Å²) >= 11 is 1.92. The van der Waals surface area contributed by atoms with Gasteiger partial charge in [0.1, 0.15) is 0 Å². The first-order valence-electron chi connectivity index (χ1n) is 6.97. The summed E-state index contributed by atoms with van der Waals surface area (Å²) in [5, 5.41) is 0. The molecule has 1 aromatic rings. The molecule has 2 rings (SSSR count). The third-order valence-corrected chi connectivity index (χ3v) is 4.85. The van der Waals surface area contributed by atoms with Crippen LogP contribution >= 0.6 is 11.8 Å². The molecule has 1 fully saturated rings. The number of aryl methyl sites for hydroxylation is 1. The number of nitrogens with one attached hydrogen (secondary N) is 1. The SMILES string of the molecule is Cc1ccc(SCC[NH+]2CCC(C(N)=O)CC2)cc1. The molecule has 1 amide bonds. The number of amides is 1. The van der Waals surface area contributed by atoms with Crippen molar-refractivity contribution in [3.63, 3.8) is 0 Å². The number of quaternary nitrogens is 1. The van der Waals surface area contributed by atoms with Crippen LogP contribution in [-0.2, 0) is 4.79 Å². The molecule has 0 spiro atoms. The highest BCUT2D eigenvalue weighted by molar-refractivity contribution is 7.99. The Labute approximate surface area is 119 Å². The van der Waals surface area contributed by atoms with E-state index in [0.29, 0.717) is 0 Å². The molecular formula is C15H23N2OS+. The molecule has 0 radical (unpaired) electrons. The van der Waals surface area contributed by atoms with Crippen molar-refractivity contribution in [2.45, 2.75) is 24.7 Å². The molecule has 0 atom stereocenters. The van der Waals surface area contributed by atoms with E-state index < -0.39 is 0 Å². The number of carbonyl (C=O) groups is 1. The van der Waals surface area contributed by atoms with E-state index in [2.05, 4.69) is 31.2 Å². The highest BCUT2D eigenvalue weighted by Gasteiger charge is 2.25. The predicted molar refractivity (Wildman–Crippen MR) is 79.4 cm³/mol. The van der Waals surface area contributed by atoms with E-state index in [4.69, 9.17) is 5.73 Å². The van der Waals surface area contributed by atoms with Gasteiger partial charge < -0.3 is 10.6 Å². The first-order chi connectivity index (χ1) is 9.15. The van der Waals surface area contributed by atoms with Crippen LogP contribution in [0.3, 0.4) is 0 Å². The normalized spacial score (nSPS) is 23.2. The second-order valence-corrected chi connectivity index (χ2v) is 6.51. The van der Waals surface area contributed by atoms with Crippen molar-refractivity contribution in [2.24, 2.45) is 11.7 Å². The summed E-state index contributed by atoms with van der Waals surface area (Å²) in [5.41, 5.74) is 6.66. The van der Waals surface area contributed by atoms with Crippen molar-refractivity contribution >= 4 is 17.7 Å². The number of piperidine rings is 1. The Hall–Kier alpha value is -1.00. The van der Waals surface area contributed by atoms with Crippen LogP contribution in [0, 0.1) is 12.8 Å². The molecule has 1 aliphatic rings. The standard InChI is InChI=1S/C15H22N2OS/c1-12-2-4-14(5-3-12)19-11-10-17-8-6-13(7-9-17)15(16)18/h2-5,13H,6-11H2,1H3,(H2,16,18)/p+1. The maximum atomic E-state index is 11.1. The molecule has 0 bridgehead atoms. The highest BCUT2D eigenvalue weighted by atomic mass is 32.2. The summed E-state index contributed by atoms with van der Waals surface area (Å²) in [6, 6.07) is 8.70. The lowest BCUT2D eigenvalue weighted by Crippen LogP contribution is -3.13. The van der Waals surface area contributed by atoms with Gasteiger partial charge in [-0.25, -0.2) is 0 Å². The van der Waals surface area contributed by atoms with Gasteiger partial charge in [-0.2, -0.15) is 0 Å². The summed E-state index contributed by atoms with van der Waals surface area (Å²) < 4.78 is 0. The van der Waals surface area contributed by atoms with Crippen LogP contribution in [0.2, 0.25) is 0 Å². The molecule has 104 valence electrons. The number of hydrogen-bond donors (Lipinski definition) is 2. The Morgan fingerprint density at radius 2 is 1.95 bits per heavy atom. The van der Waals surface area contributed by atoms with Crippen LogP contribution in [0.4, 0.5) is 0 Å². The van der Waals surface area contributed by atoms with E-state index >= 15 is 0 Å². The van der Waals surface area contributed by atoms with Gasteiger partial charge in [0.25, 0.3) is 0 Å². The van der Waals surface area contributed by atoms with Gasteiger partial charge in [-0.15, -0.1) is 11.8 Å². The molecule has 3 N–H and O–H groups in total. The van der Waals surface area contributed by atoms with E-state index in [1.165, 1.54) is 17.0 Å². The Bertz CT molecular complexity index is 411. The fraction of sp³-hybridized carbons (Fsp3) is 0.533. The number of carbonyl (C=O) groups excluding carboxylic acids is 1. The molecule has 4 heteroatoms. The van der Waals surface area contributed by atoms with Crippen molar-refractivity contribution in [1.29, 1.82) is 0 Å². The third-order valence-electron chi connectivity index (χ3n) is 3.84. The minimum atomic E-state index is -0.118. The Kier molecular flexibility index (Phi) is 5.28. The fourth-order valence-electron chi connectivity index (χ4n) is 2.51. The zero-order valence-electron chi connectivity index (χ0n) is 11.5. The maximum Gasteiger partial charge on any atom is 0.220 e. The summed E-state index contributed by atoms with van der Waals surface area (Å²) in [6.45, 7) is 5.45. The first-order valence-corrected chi connectivity index (χ1v) is 7.96. The molecule has 3 nitrogen and oxygen atoms in total. The number of benzene rings is 1. The number of likely N-dealkylation sites (tertiary alicyclic amines) is 1. The van der Waals surface area contributed by atoms with Crippen LogP contribution in [-0.4, -0.2) is 31.3 Å². The maximum absolute atomic E-state index is 11.1. The topological polar surface area (TPSA) is 47.5 Å². The van der Waals surface area contributed by atoms with Crippen LogP contribution in [0.5, 0.6) is 0 Å². The predicted octanol–water partition coefficient (Wildman–Crippen LogP) is 0.867. The van der Waals surface area contributed by atoms with Gasteiger partial charge >= 0.3 is 0 Å². The molecule has 19 heavy (non-hydrogen) atoms. The first kappa shape index (κ1) is 14.4. The molecule has 0 saturated carbocycles. The average molecular weight is 279 g/mol. The summed E-state index contributed by atoms with van der Waals surface area (Å²) in [6.07, 6.45) is 1.92. The van der Waals surface area contributed by atoms with E-state index in [9.17, 15) is 4.79 Å². The van der Waals surface area contributed by atoms with Gasteiger partial charge in [0.15, 0.2) is 0 Å². The molecule has 0 aliphatic carbocycles. The monoisotopic (exact) mass is 279 g/mol. The van der Waals surface area contributed by atoms with Gasteiger partial charge in [-0.3, -0.25) is 4.79 Å². The largest absolute Gasteiger partial charge is 0.369 e. The fourth-order valence-corrected chi connectivity index (χ4v) is 3.46. The van der Waals surface area contributed by atoms with Gasteiger partial charge in [-0.05, 0) is 19.1 Å². The molecule has 1 aromatic carbocycles. The van der Waals surface area contributed by atoms with E-state index in [1.54, 1.807) is 4.90 Å². The number of hydrogen-bond acceptors (Lipinski definition) is 2. The van der Waals surface area contributed by atoms with Crippen molar-refractivity contribution < 1.29 is 9.69 Å². The highest BCUT2D eigenvalue weighted by Crippen LogP contribution is 2.17. The van der Waals surface area contributed by atoms with Crippen molar-refractivity contribution in [2.75, 3.05) is 25.4 Å². The summed E-state index contributed by atoms with van der Waals surface area (Å²) in [5.74, 6) is 1.14. The Balaban J connectivity index is 1.67. The molecule has 0 unspecified atom stereocenters. The summed E-state index contributed by atoms with van der Waals surface area (Å²) in [7, 11) is 0. The van der Waals surface area contributed by atoms with Crippen LogP contribution in [0.1, 0.15) is 18.4 Å². The number of thioether (sulfide) groups is 1. The molecule has 1 heterocycles. The Morgan fingerprint density at radius 3 is 2.53 bits per heavy atom. The van der Waals surface area contributed by atoms with Crippen LogP contribution < -0.4 is 10.6 Å². The smallest absolute Gasteiger partial charge is 0.220 e. The number of rotatable bonds is 5. The summed E-state index contributed by atoms with van der Waals surface area (Å²) in [4.78, 5) is 14.0. The van der Waals surface area contributed by atoms with E-state index in [0.717, 1.165) is 31.7 Å². The lowest BCUT2D eigenvalue weighted by Gasteiger charge is -2.27. The van der Waals surface area contributed by atoms with Crippen molar-refractivity contribution in [3.05, 3.63) is 29.8 Å². The van der Waals surface area contributed by atoms with E-state index in [1.807, 2.05) is 11.8 Å². The minimum Gasteiger partial charge on any atom is -0.369 e. The molecule has 1 saturated heterocycles. The third kappa shape index (κ3) is 4.55. The van der Waals surface area contributed by atoms with Crippen molar-refractivity contribution in [3.8, 4) is 0 Å². The quantitative estimate of drug-likeness (QED) is 0.786. The van der Waals surface area contributed by atoms with Crippen LogP contribution in [0.25, 0.3) is 0 Å². The van der Waals surface area contributed by atoms with E-state index in [-0.39, 0.29) is 11.8 Å². The lowest BCUT2D eigenvalue weighted by atomic mass is 9.96. The zero-order valence-corrected chi connectivity index (χ0v) is 12.3. The number of nitrogens with two attached hydrogens (primary N) is 1. The second-order valence-electron chi connectivity index (χ2n) is 5.34.